The third-order valence-electron chi connectivity index (χ3n) is 7.67. The van der Waals surface area contributed by atoms with Crippen LogP contribution in [-0.2, 0) is 38.0 Å². The molecule has 2 atom stereocenters. The Hall–Kier alpha value is -2.28. The average Bonchev–Trinajstić information content (AvgIpc) is 3.25. The molecule has 0 spiro atoms. The van der Waals surface area contributed by atoms with Gasteiger partial charge >= 0.3 is 0 Å². The van der Waals surface area contributed by atoms with E-state index in [9.17, 15) is 9.59 Å². The molecule has 1 heterocycles. The zero-order valence-electron chi connectivity index (χ0n) is 22.8. The summed E-state index contributed by atoms with van der Waals surface area (Å²) in [7, 11) is -1.86. The molecular weight excluding hydrogens is 466 g/mol. The SMILES string of the molecule is CC(C)[Si](OCCc1ccc(CC(=O)N2C(C=O)OC[C@H]2Cc2ccccc2)cc1)(C(C)C)C(C)C. The Morgan fingerprint density at radius 1 is 0.944 bits per heavy atom. The monoisotopic (exact) mass is 509 g/mol. The molecule has 0 bridgehead atoms. The number of aldehydes is 1. The van der Waals surface area contributed by atoms with Crippen LogP contribution in [0.4, 0.5) is 0 Å². The van der Waals surface area contributed by atoms with Crippen molar-refractivity contribution in [3.63, 3.8) is 0 Å². The lowest BCUT2D eigenvalue weighted by atomic mass is 10.0. The minimum Gasteiger partial charge on any atom is -0.416 e. The van der Waals surface area contributed by atoms with E-state index in [1.54, 1.807) is 4.90 Å². The second-order valence-corrected chi connectivity index (χ2v) is 16.4. The van der Waals surface area contributed by atoms with Gasteiger partial charge in [0.1, 0.15) is 0 Å². The second kappa shape index (κ2) is 12.8. The zero-order chi connectivity index (χ0) is 26.3. The lowest BCUT2D eigenvalue weighted by Crippen LogP contribution is -2.48. The molecular formula is C30H43NO4Si. The predicted molar refractivity (Wildman–Crippen MR) is 147 cm³/mol. The van der Waals surface area contributed by atoms with Gasteiger partial charge in [-0.25, -0.2) is 0 Å². The van der Waals surface area contributed by atoms with Crippen LogP contribution in [0.25, 0.3) is 0 Å². The molecule has 1 aliphatic heterocycles. The van der Waals surface area contributed by atoms with Gasteiger partial charge in [0, 0.05) is 6.61 Å². The minimum atomic E-state index is -1.86. The Morgan fingerprint density at radius 2 is 1.53 bits per heavy atom. The van der Waals surface area contributed by atoms with Crippen LogP contribution in [0.5, 0.6) is 0 Å². The van der Waals surface area contributed by atoms with E-state index in [-0.39, 0.29) is 18.4 Å². The highest BCUT2D eigenvalue weighted by molar-refractivity contribution is 6.77. The molecule has 0 N–H and O–H groups in total. The fraction of sp³-hybridized carbons (Fsp3) is 0.533. The van der Waals surface area contributed by atoms with E-state index in [2.05, 4.69) is 53.7 Å². The van der Waals surface area contributed by atoms with Crippen LogP contribution in [0, 0.1) is 0 Å². The molecule has 5 nitrogen and oxygen atoms in total. The van der Waals surface area contributed by atoms with Gasteiger partial charge in [-0.2, -0.15) is 0 Å². The van der Waals surface area contributed by atoms with Gasteiger partial charge in [-0.3, -0.25) is 9.59 Å². The molecule has 1 fully saturated rings. The molecule has 1 aliphatic rings. The van der Waals surface area contributed by atoms with Gasteiger partial charge in [-0.05, 0) is 46.2 Å². The molecule has 36 heavy (non-hydrogen) atoms. The van der Waals surface area contributed by atoms with E-state index in [1.165, 1.54) is 5.56 Å². The summed E-state index contributed by atoms with van der Waals surface area (Å²) in [5, 5.41) is 0. The first kappa shape index (κ1) is 28.3. The van der Waals surface area contributed by atoms with Crippen LogP contribution in [0.1, 0.15) is 58.2 Å². The van der Waals surface area contributed by atoms with Crippen molar-refractivity contribution < 1.29 is 18.8 Å². The van der Waals surface area contributed by atoms with Gasteiger partial charge in [0.15, 0.2) is 20.8 Å². The number of carbonyl (C=O) groups excluding carboxylic acids is 2. The van der Waals surface area contributed by atoms with Gasteiger partial charge in [0.25, 0.3) is 0 Å². The molecule has 6 heteroatoms. The summed E-state index contributed by atoms with van der Waals surface area (Å²) in [5.41, 5.74) is 4.99. The van der Waals surface area contributed by atoms with E-state index in [4.69, 9.17) is 9.16 Å². The van der Waals surface area contributed by atoms with Crippen LogP contribution in [0.3, 0.4) is 0 Å². The van der Waals surface area contributed by atoms with E-state index in [0.29, 0.717) is 29.7 Å². The van der Waals surface area contributed by atoms with Gasteiger partial charge in [-0.15, -0.1) is 0 Å². The molecule has 196 valence electrons. The summed E-state index contributed by atoms with van der Waals surface area (Å²) < 4.78 is 12.3. The van der Waals surface area contributed by atoms with Crippen LogP contribution < -0.4 is 0 Å². The first-order chi connectivity index (χ1) is 17.2. The highest BCUT2D eigenvalue weighted by Gasteiger charge is 2.44. The number of ether oxygens (including phenoxy) is 1. The van der Waals surface area contributed by atoms with Crippen LogP contribution in [-0.4, -0.2) is 50.9 Å². The third-order valence-corrected chi connectivity index (χ3v) is 13.8. The van der Waals surface area contributed by atoms with Gasteiger partial charge in [0.05, 0.1) is 19.1 Å². The fourth-order valence-electron chi connectivity index (χ4n) is 6.01. The van der Waals surface area contributed by atoms with E-state index >= 15 is 0 Å². The van der Waals surface area contributed by atoms with E-state index in [1.807, 2.05) is 42.5 Å². The molecule has 0 saturated carbocycles. The van der Waals surface area contributed by atoms with Crippen molar-refractivity contribution in [3.8, 4) is 0 Å². The summed E-state index contributed by atoms with van der Waals surface area (Å²) in [6.45, 7) is 15.0. The number of amides is 1. The Bertz CT molecular complexity index is 952. The number of benzene rings is 2. The van der Waals surface area contributed by atoms with Crippen molar-refractivity contribution in [1.82, 2.24) is 4.90 Å². The summed E-state index contributed by atoms with van der Waals surface area (Å²) in [4.78, 5) is 26.4. The number of carbonyl (C=O) groups is 2. The van der Waals surface area contributed by atoms with Crippen LogP contribution >= 0.6 is 0 Å². The number of hydrogen-bond donors (Lipinski definition) is 0. The summed E-state index contributed by atoms with van der Waals surface area (Å²) in [6, 6.07) is 18.1. The zero-order valence-corrected chi connectivity index (χ0v) is 23.8. The average molecular weight is 510 g/mol. The predicted octanol–water partition coefficient (Wildman–Crippen LogP) is 5.96. The van der Waals surface area contributed by atoms with Crippen molar-refractivity contribution in [2.24, 2.45) is 0 Å². The molecule has 0 radical (unpaired) electrons. The standard InChI is InChI=1S/C30H43NO4Si/c1-22(2)36(23(3)4,24(5)6)35-17-16-25-12-14-27(15-13-25)19-29(33)31-28(21-34-30(31)20-32)18-26-10-8-7-9-11-26/h7-15,20,22-24,28,30H,16-19,21H2,1-6H3/t28-,30?/m1/s1. The normalized spacial score (nSPS) is 18.4. The molecule has 0 aliphatic carbocycles. The van der Waals surface area contributed by atoms with Crippen LogP contribution in [0.2, 0.25) is 16.6 Å². The van der Waals surface area contributed by atoms with Crippen molar-refractivity contribution in [2.45, 2.75) is 89.7 Å². The maximum Gasteiger partial charge on any atom is 0.229 e. The molecule has 0 aromatic heterocycles. The van der Waals surface area contributed by atoms with Gasteiger partial charge in [0.2, 0.25) is 5.91 Å². The molecule has 3 rings (SSSR count). The first-order valence-corrected chi connectivity index (χ1v) is 15.5. The van der Waals surface area contributed by atoms with E-state index < -0.39 is 14.5 Å². The van der Waals surface area contributed by atoms with Crippen molar-refractivity contribution in [2.75, 3.05) is 13.2 Å². The maximum atomic E-state index is 13.2. The first-order valence-electron chi connectivity index (χ1n) is 13.3. The Kier molecular flexibility index (Phi) is 10.1. The van der Waals surface area contributed by atoms with Crippen LogP contribution in [0.15, 0.2) is 54.6 Å². The quantitative estimate of drug-likeness (QED) is 0.262. The van der Waals surface area contributed by atoms with Crippen molar-refractivity contribution in [1.29, 1.82) is 0 Å². The highest BCUT2D eigenvalue weighted by atomic mass is 28.4. The summed E-state index contributed by atoms with van der Waals surface area (Å²) in [6.07, 6.45) is 1.70. The van der Waals surface area contributed by atoms with Gasteiger partial charge in [-0.1, -0.05) is 96.1 Å². The summed E-state index contributed by atoms with van der Waals surface area (Å²) >= 11 is 0. The van der Waals surface area contributed by atoms with Gasteiger partial charge < -0.3 is 14.1 Å². The fourth-order valence-corrected chi connectivity index (χ4v) is 11.5. The van der Waals surface area contributed by atoms with Crippen molar-refractivity contribution in [3.05, 3.63) is 71.3 Å². The number of nitrogens with zero attached hydrogens (tertiary/aromatic N) is 1. The van der Waals surface area contributed by atoms with Crippen molar-refractivity contribution >= 4 is 20.5 Å². The molecule has 2 aromatic rings. The Labute approximate surface area is 218 Å². The largest absolute Gasteiger partial charge is 0.416 e. The molecule has 1 unspecified atom stereocenters. The Morgan fingerprint density at radius 3 is 2.08 bits per heavy atom. The number of rotatable bonds is 12. The lowest BCUT2D eigenvalue weighted by molar-refractivity contribution is -0.141. The third kappa shape index (κ3) is 6.53. The lowest BCUT2D eigenvalue weighted by Gasteiger charge is -2.42. The topological polar surface area (TPSA) is 55.8 Å². The summed E-state index contributed by atoms with van der Waals surface area (Å²) in [5.74, 6) is -0.0804. The molecule has 2 aromatic carbocycles. The number of hydrogen-bond acceptors (Lipinski definition) is 4. The smallest absolute Gasteiger partial charge is 0.229 e. The maximum absolute atomic E-state index is 13.2. The van der Waals surface area contributed by atoms with E-state index in [0.717, 1.165) is 30.4 Å². The minimum absolute atomic E-state index is 0.0804. The highest BCUT2D eigenvalue weighted by Crippen LogP contribution is 2.42. The Balaban J connectivity index is 1.60. The molecule has 1 amide bonds. The second-order valence-electron chi connectivity index (χ2n) is 10.9. The molecule has 1 saturated heterocycles.